The zero-order valence-corrected chi connectivity index (χ0v) is 16.4. The van der Waals surface area contributed by atoms with E-state index in [1.54, 1.807) is 22.4 Å². The third-order valence-electron chi connectivity index (χ3n) is 4.72. The predicted molar refractivity (Wildman–Crippen MR) is 107 cm³/mol. The zero-order chi connectivity index (χ0) is 19.8. The number of likely N-dealkylation sites (N-methyl/N-ethyl adjacent to an activating group) is 1. The molecule has 0 amide bonds. The van der Waals surface area contributed by atoms with E-state index in [-0.39, 0.29) is 5.56 Å². The molecule has 0 saturated heterocycles. The molecule has 8 heteroatoms. The molecule has 28 heavy (non-hydrogen) atoms. The fourth-order valence-electron chi connectivity index (χ4n) is 3.35. The molecule has 8 nitrogen and oxygen atoms in total. The number of H-pyrrole nitrogens is 1. The Balaban J connectivity index is 2.10. The van der Waals surface area contributed by atoms with Crippen LogP contribution in [0.25, 0.3) is 27.9 Å². The lowest BCUT2D eigenvalue weighted by atomic mass is 10.1. The summed E-state index contributed by atoms with van der Waals surface area (Å²) in [6, 6.07) is 9.52. The molecule has 0 aliphatic rings. The van der Waals surface area contributed by atoms with E-state index in [9.17, 15) is 4.79 Å². The lowest BCUT2D eigenvalue weighted by Gasteiger charge is -2.13. The molecule has 0 unspecified atom stereocenters. The van der Waals surface area contributed by atoms with Gasteiger partial charge in [-0.25, -0.2) is 5.10 Å². The predicted octanol–water partition coefficient (Wildman–Crippen LogP) is 1.40. The van der Waals surface area contributed by atoms with E-state index in [1.807, 2.05) is 56.3 Å². The molecule has 0 aliphatic heterocycles. The van der Waals surface area contributed by atoms with Gasteiger partial charge in [-0.3, -0.25) is 4.79 Å². The number of benzene rings is 1. The number of aryl methyl sites for hydroxylation is 1. The van der Waals surface area contributed by atoms with Gasteiger partial charge in [0.2, 0.25) is 5.82 Å². The van der Waals surface area contributed by atoms with Crippen LogP contribution in [0.3, 0.4) is 0 Å². The first-order valence-corrected chi connectivity index (χ1v) is 9.09. The second-order valence-electron chi connectivity index (χ2n) is 6.98. The smallest absolute Gasteiger partial charge is 0.458 e. The van der Waals surface area contributed by atoms with Crippen LogP contribution in [-0.4, -0.2) is 52.3 Å². The van der Waals surface area contributed by atoms with Crippen molar-refractivity contribution in [3.05, 3.63) is 52.7 Å². The summed E-state index contributed by atoms with van der Waals surface area (Å²) in [5.74, 6) is 1.90. The summed E-state index contributed by atoms with van der Waals surface area (Å²) in [5, 5.41) is 3.73. The van der Waals surface area contributed by atoms with Crippen molar-refractivity contribution in [1.29, 1.82) is 0 Å². The number of hydrogen-bond acceptors (Lipinski definition) is 5. The van der Waals surface area contributed by atoms with E-state index in [1.165, 1.54) is 0 Å². The van der Waals surface area contributed by atoms with Crippen LogP contribution in [0.4, 0.5) is 0 Å². The fraction of sp³-hybridized carbons (Fsp3) is 0.300. The van der Waals surface area contributed by atoms with Crippen molar-refractivity contribution in [2.24, 2.45) is 0 Å². The van der Waals surface area contributed by atoms with Crippen molar-refractivity contribution in [3.63, 3.8) is 0 Å². The first-order chi connectivity index (χ1) is 13.5. The van der Waals surface area contributed by atoms with Gasteiger partial charge in [0.05, 0.1) is 12.7 Å². The van der Waals surface area contributed by atoms with Gasteiger partial charge in [0.1, 0.15) is 11.1 Å². The Kier molecular flexibility index (Phi) is 4.56. The largest absolute Gasteiger partial charge is 0.496 e. The number of ether oxygens (including phenoxy) is 1. The minimum atomic E-state index is -0.0885. The van der Waals surface area contributed by atoms with Crippen LogP contribution in [0.2, 0.25) is 0 Å². The first kappa shape index (κ1) is 18.1. The molecule has 0 bridgehead atoms. The highest BCUT2D eigenvalue weighted by molar-refractivity contribution is 5.92. The highest BCUT2D eigenvalue weighted by atomic mass is 16.5. The molecular formula is C20H23N6O2+. The lowest BCUT2D eigenvalue weighted by Crippen LogP contribution is -2.33. The number of hydrogen-bond donors (Lipinski definition) is 1. The average molecular weight is 379 g/mol. The minimum absolute atomic E-state index is 0.0885. The van der Waals surface area contributed by atoms with Gasteiger partial charge in [-0.2, -0.15) is 0 Å². The second-order valence-corrected chi connectivity index (χ2v) is 6.98. The van der Waals surface area contributed by atoms with Crippen LogP contribution in [-0.2, 0) is 6.54 Å². The molecule has 0 spiro atoms. The Hall–Kier alpha value is -3.26. The molecule has 3 heterocycles. The number of nitrogens with zero attached hydrogens (tertiary/aromatic N) is 5. The topological polar surface area (TPSA) is 80.1 Å². The lowest BCUT2D eigenvalue weighted by molar-refractivity contribution is -0.567. The number of pyridine rings is 1. The molecule has 0 fully saturated rings. The van der Waals surface area contributed by atoms with Gasteiger partial charge in [0, 0.05) is 26.2 Å². The van der Waals surface area contributed by atoms with Crippen molar-refractivity contribution in [3.8, 4) is 17.0 Å². The Morgan fingerprint density at radius 1 is 1.21 bits per heavy atom. The molecule has 144 valence electrons. The van der Waals surface area contributed by atoms with Crippen molar-refractivity contribution >= 4 is 16.7 Å². The van der Waals surface area contributed by atoms with Crippen molar-refractivity contribution < 1.29 is 9.25 Å². The number of para-hydroxylation sites is 1. The van der Waals surface area contributed by atoms with Gasteiger partial charge in [0.15, 0.2) is 11.2 Å². The highest BCUT2D eigenvalue weighted by Gasteiger charge is 2.25. The van der Waals surface area contributed by atoms with Gasteiger partial charge in [0.25, 0.3) is 5.56 Å². The Labute approximate surface area is 162 Å². The number of aromatic amines is 1. The third kappa shape index (κ3) is 3.01. The van der Waals surface area contributed by atoms with Crippen LogP contribution < -0.4 is 14.8 Å². The van der Waals surface area contributed by atoms with E-state index in [0.717, 1.165) is 12.1 Å². The van der Waals surface area contributed by atoms with Crippen molar-refractivity contribution in [1.82, 2.24) is 24.5 Å². The number of methoxy groups -OCH3 is 1. The average Bonchev–Trinajstić information content (AvgIpc) is 3.05. The second kappa shape index (κ2) is 7.05. The third-order valence-corrected chi connectivity index (χ3v) is 4.72. The van der Waals surface area contributed by atoms with Crippen molar-refractivity contribution in [2.45, 2.75) is 13.5 Å². The van der Waals surface area contributed by atoms with E-state index in [4.69, 9.17) is 4.74 Å². The van der Waals surface area contributed by atoms with Gasteiger partial charge in [-0.15, -0.1) is 4.52 Å². The van der Waals surface area contributed by atoms with Gasteiger partial charge >= 0.3 is 5.78 Å². The van der Waals surface area contributed by atoms with Gasteiger partial charge in [-0.05, 0) is 32.3 Å². The van der Waals surface area contributed by atoms with E-state index >= 15 is 0 Å². The summed E-state index contributed by atoms with van der Waals surface area (Å²) in [6.07, 6.45) is 1.79. The number of fused-ring (bicyclic) bond motifs is 2. The maximum Gasteiger partial charge on any atom is 0.458 e. The molecule has 1 aromatic carbocycles. The Bertz CT molecular complexity index is 1220. The van der Waals surface area contributed by atoms with Gasteiger partial charge < -0.3 is 14.2 Å². The fourth-order valence-corrected chi connectivity index (χ4v) is 3.35. The first-order valence-electron chi connectivity index (χ1n) is 9.09. The molecule has 0 atom stereocenters. The monoisotopic (exact) mass is 379 g/mol. The highest BCUT2D eigenvalue weighted by Crippen LogP contribution is 2.30. The Morgan fingerprint density at radius 3 is 2.75 bits per heavy atom. The number of rotatable bonds is 5. The van der Waals surface area contributed by atoms with Gasteiger partial charge in [-0.1, -0.05) is 22.1 Å². The summed E-state index contributed by atoms with van der Waals surface area (Å²) < 4.78 is 9.05. The molecule has 0 aliphatic carbocycles. The quantitative estimate of drug-likeness (QED) is 0.530. The summed E-state index contributed by atoms with van der Waals surface area (Å²) in [6.45, 7) is 3.22. The Morgan fingerprint density at radius 2 is 2.00 bits per heavy atom. The maximum atomic E-state index is 13.4. The minimum Gasteiger partial charge on any atom is -0.496 e. The normalized spacial score (nSPS) is 11.6. The molecule has 0 radical (unpaired) electrons. The van der Waals surface area contributed by atoms with Crippen LogP contribution in [0, 0.1) is 6.92 Å². The van der Waals surface area contributed by atoms with E-state index in [2.05, 4.69) is 15.1 Å². The zero-order valence-electron chi connectivity index (χ0n) is 16.4. The van der Waals surface area contributed by atoms with Crippen LogP contribution in [0.1, 0.15) is 5.82 Å². The van der Waals surface area contributed by atoms with Crippen LogP contribution in [0.15, 0.2) is 41.3 Å². The molecule has 0 saturated carbocycles. The number of nitrogens with one attached hydrogen (secondary N) is 1. The van der Waals surface area contributed by atoms with E-state index < -0.39 is 0 Å². The molecule has 4 aromatic rings. The van der Waals surface area contributed by atoms with Crippen LogP contribution in [0.5, 0.6) is 5.75 Å². The van der Waals surface area contributed by atoms with Crippen molar-refractivity contribution in [2.75, 3.05) is 27.7 Å². The maximum absolute atomic E-state index is 13.4. The van der Waals surface area contributed by atoms with E-state index in [0.29, 0.717) is 40.5 Å². The standard InChI is InChI=1S/C20H22N6O2/c1-13-21-20-22-15-9-10-25(12-11-24(2)3)19(27)17(15)18(26(20)23-13)14-7-5-6-8-16(14)28-4/h5-10H,11-12H2,1-4H3/p+1. The molecular weight excluding hydrogens is 356 g/mol. The SMILES string of the molecule is COc1ccccc1-c1c2c(=O)n(CCN(C)C)ccc2nc2nc(C)[nH][n+]12. The molecule has 4 rings (SSSR count). The molecule has 3 aromatic heterocycles. The number of aromatic nitrogens is 5. The summed E-state index contributed by atoms with van der Waals surface area (Å²) in [4.78, 5) is 24.5. The summed E-state index contributed by atoms with van der Waals surface area (Å²) in [5.41, 5.74) is 2.02. The molecule has 1 N–H and O–H groups in total. The summed E-state index contributed by atoms with van der Waals surface area (Å²) in [7, 11) is 5.60. The summed E-state index contributed by atoms with van der Waals surface area (Å²) >= 11 is 0. The van der Waals surface area contributed by atoms with Crippen LogP contribution >= 0.6 is 0 Å².